The molecule has 1 heterocycles. The van der Waals surface area contributed by atoms with Crippen LogP contribution in [0.3, 0.4) is 0 Å². The molecule has 2 aromatic rings. The molecule has 3 rings (SSSR count). The molecule has 0 saturated carbocycles. The second-order valence-corrected chi connectivity index (χ2v) is 9.24. The number of benzene rings is 2. The van der Waals surface area contributed by atoms with Gasteiger partial charge < -0.3 is 24.4 Å². The smallest absolute Gasteiger partial charge is 0.295 e. The molecule has 198 valence electrons. The fraction of sp³-hybridized carbons (Fsp3) is 0.400. The van der Waals surface area contributed by atoms with E-state index < -0.39 is 17.7 Å². The summed E-state index contributed by atoms with van der Waals surface area (Å²) in [6.45, 7) is 15.1. The standard InChI is InChI=1S/C30H38N2O5/c1-6-19-36-25-12-9-11-23(20-25)27-26(28(33)22-13-15-24(16-14-22)37-21(4)5)29(34)30(35)32(27)18-10-17-31(7-2)8-3/h6,9,11-16,20-21,27,33H,1,7-8,10,17-19H2,2-5H3/b28-26+/t27-/m0/s1. The zero-order valence-corrected chi connectivity index (χ0v) is 22.3. The summed E-state index contributed by atoms with van der Waals surface area (Å²) in [5.74, 6) is -0.245. The normalized spacial score (nSPS) is 17.0. The Hall–Kier alpha value is -3.58. The third kappa shape index (κ3) is 6.80. The van der Waals surface area contributed by atoms with E-state index in [-0.39, 0.29) is 17.4 Å². The van der Waals surface area contributed by atoms with Gasteiger partial charge in [-0.1, -0.05) is 38.6 Å². The first kappa shape index (κ1) is 28.0. The lowest BCUT2D eigenvalue weighted by molar-refractivity contribution is -0.140. The summed E-state index contributed by atoms with van der Waals surface area (Å²) >= 11 is 0. The van der Waals surface area contributed by atoms with E-state index >= 15 is 0 Å². The number of ether oxygens (including phenoxy) is 2. The summed E-state index contributed by atoms with van der Waals surface area (Å²) < 4.78 is 11.4. The average molecular weight is 507 g/mol. The summed E-state index contributed by atoms with van der Waals surface area (Å²) in [5, 5.41) is 11.3. The third-order valence-corrected chi connectivity index (χ3v) is 6.35. The second-order valence-electron chi connectivity index (χ2n) is 9.24. The van der Waals surface area contributed by atoms with E-state index in [1.54, 1.807) is 35.2 Å². The number of likely N-dealkylation sites (tertiary alicyclic amines) is 1. The molecule has 0 bridgehead atoms. The lowest BCUT2D eigenvalue weighted by Crippen LogP contribution is -2.33. The summed E-state index contributed by atoms with van der Waals surface area (Å²) in [6, 6.07) is 13.4. The van der Waals surface area contributed by atoms with E-state index in [4.69, 9.17) is 9.47 Å². The molecule has 0 unspecified atom stereocenters. The molecule has 0 radical (unpaired) electrons. The number of rotatable bonds is 13. The highest BCUT2D eigenvalue weighted by molar-refractivity contribution is 6.46. The fourth-order valence-corrected chi connectivity index (χ4v) is 4.51. The van der Waals surface area contributed by atoms with E-state index in [0.717, 1.165) is 19.6 Å². The van der Waals surface area contributed by atoms with Crippen LogP contribution >= 0.6 is 0 Å². The molecule has 2 aromatic carbocycles. The van der Waals surface area contributed by atoms with Crippen LogP contribution < -0.4 is 9.47 Å². The maximum Gasteiger partial charge on any atom is 0.295 e. The van der Waals surface area contributed by atoms with Crippen LogP contribution in [0.1, 0.15) is 51.3 Å². The van der Waals surface area contributed by atoms with Gasteiger partial charge in [-0.25, -0.2) is 0 Å². The Morgan fingerprint density at radius 3 is 2.43 bits per heavy atom. The van der Waals surface area contributed by atoms with Gasteiger partial charge >= 0.3 is 0 Å². The van der Waals surface area contributed by atoms with Crippen LogP contribution in [0.4, 0.5) is 0 Å². The summed E-state index contributed by atoms with van der Waals surface area (Å²) in [4.78, 5) is 30.4. The number of carbonyl (C=O) groups excluding carboxylic acids is 2. The van der Waals surface area contributed by atoms with Crippen LogP contribution in [0.15, 0.2) is 66.8 Å². The highest BCUT2D eigenvalue weighted by Gasteiger charge is 2.45. The first-order valence-corrected chi connectivity index (χ1v) is 12.9. The maximum atomic E-state index is 13.3. The van der Waals surface area contributed by atoms with E-state index in [0.29, 0.717) is 42.2 Å². The molecule has 0 spiro atoms. The van der Waals surface area contributed by atoms with Crippen molar-refractivity contribution in [2.75, 3.05) is 32.8 Å². The van der Waals surface area contributed by atoms with Crippen LogP contribution in [-0.4, -0.2) is 65.5 Å². The van der Waals surface area contributed by atoms with E-state index in [1.807, 2.05) is 38.1 Å². The van der Waals surface area contributed by atoms with Gasteiger partial charge in [-0.3, -0.25) is 9.59 Å². The van der Waals surface area contributed by atoms with Crippen molar-refractivity contribution in [3.63, 3.8) is 0 Å². The highest BCUT2D eigenvalue weighted by Crippen LogP contribution is 2.40. The van der Waals surface area contributed by atoms with Gasteiger partial charge in [0.15, 0.2) is 0 Å². The zero-order chi connectivity index (χ0) is 26.9. The van der Waals surface area contributed by atoms with Crippen molar-refractivity contribution in [1.82, 2.24) is 9.80 Å². The molecular weight excluding hydrogens is 468 g/mol. The quantitative estimate of drug-likeness (QED) is 0.174. The van der Waals surface area contributed by atoms with Crippen molar-refractivity contribution >= 4 is 17.4 Å². The lowest BCUT2D eigenvalue weighted by Gasteiger charge is -2.27. The van der Waals surface area contributed by atoms with Crippen LogP contribution in [-0.2, 0) is 9.59 Å². The monoisotopic (exact) mass is 506 g/mol. The highest BCUT2D eigenvalue weighted by atomic mass is 16.5. The topological polar surface area (TPSA) is 79.3 Å². The minimum Gasteiger partial charge on any atom is -0.507 e. The lowest BCUT2D eigenvalue weighted by atomic mass is 9.95. The van der Waals surface area contributed by atoms with Gasteiger partial charge in [-0.15, -0.1) is 0 Å². The number of amides is 1. The number of hydrogen-bond donors (Lipinski definition) is 1. The van der Waals surface area contributed by atoms with Crippen molar-refractivity contribution in [1.29, 1.82) is 0 Å². The zero-order valence-electron chi connectivity index (χ0n) is 22.3. The number of nitrogens with zero attached hydrogens (tertiary/aromatic N) is 2. The maximum absolute atomic E-state index is 13.3. The van der Waals surface area contributed by atoms with E-state index in [1.165, 1.54) is 0 Å². The molecule has 0 aromatic heterocycles. The molecule has 1 aliphatic rings. The Morgan fingerprint density at radius 1 is 1.11 bits per heavy atom. The predicted molar refractivity (Wildman–Crippen MR) is 146 cm³/mol. The molecule has 1 amide bonds. The number of hydrogen-bond acceptors (Lipinski definition) is 6. The Morgan fingerprint density at radius 2 is 1.81 bits per heavy atom. The summed E-state index contributed by atoms with van der Waals surface area (Å²) in [6.07, 6.45) is 2.37. The van der Waals surface area contributed by atoms with Gasteiger partial charge in [-0.2, -0.15) is 0 Å². The van der Waals surface area contributed by atoms with Crippen LogP contribution in [0, 0.1) is 0 Å². The minimum atomic E-state index is -0.726. The SMILES string of the molecule is C=CCOc1cccc([C@H]2/C(=C(\O)c3ccc(OC(C)C)cc3)C(=O)C(=O)N2CCCN(CC)CC)c1. The average Bonchev–Trinajstić information content (AvgIpc) is 3.15. The third-order valence-electron chi connectivity index (χ3n) is 6.35. The Labute approximate surface area is 220 Å². The second kappa shape index (κ2) is 13.1. The van der Waals surface area contributed by atoms with Gasteiger partial charge in [-0.05, 0) is 81.9 Å². The van der Waals surface area contributed by atoms with Gasteiger partial charge in [0.05, 0.1) is 17.7 Å². The Bertz CT molecular complexity index is 1120. The van der Waals surface area contributed by atoms with Gasteiger partial charge in [0.25, 0.3) is 11.7 Å². The van der Waals surface area contributed by atoms with Gasteiger partial charge in [0, 0.05) is 12.1 Å². The molecule has 0 aliphatic carbocycles. The molecule has 1 saturated heterocycles. The number of aliphatic hydroxyl groups is 1. The number of carbonyl (C=O) groups is 2. The van der Waals surface area contributed by atoms with Crippen LogP contribution in [0.25, 0.3) is 5.76 Å². The first-order chi connectivity index (χ1) is 17.8. The van der Waals surface area contributed by atoms with Crippen LogP contribution in [0.5, 0.6) is 11.5 Å². The Balaban J connectivity index is 2.02. The minimum absolute atomic E-state index is 0.0108. The molecule has 1 fully saturated rings. The molecule has 1 atom stereocenters. The van der Waals surface area contributed by atoms with Gasteiger partial charge in [0.2, 0.25) is 0 Å². The number of ketones is 1. The molecule has 37 heavy (non-hydrogen) atoms. The molecule has 7 nitrogen and oxygen atoms in total. The fourth-order valence-electron chi connectivity index (χ4n) is 4.51. The van der Waals surface area contributed by atoms with Crippen molar-refractivity contribution in [2.24, 2.45) is 0 Å². The predicted octanol–water partition coefficient (Wildman–Crippen LogP) is 5.19. The number of aliphatic hydroxyl groups excluding tert-OH is 1. The summed E-state index contributed by atoms with van der Waals surface area (Å²) in [7, 11) is 0. The van der Waals surface area contributed by atoms with Crippen molar-refractivity contribution < 1.29 is 24.2 Å². The van der Waals surface area contributed by atoms with Crippen molar-refractivity contribution in [2.45, 2.75) is 46.3 Å². The largest absolute Gasteiger partial charge is 0.507 e. The summed E-state index contributed by atoms with van der Waals surface area (Å²) in [5.41, 5.74) is 1.22. The molecule has 1 N–H and O–H groups in total. The van der Waals surface area contributed by atoms with E-state index in [2.05, 4.69) is 25.3 Å². The van der Waals surface area contributed by atoms with E-state index in [9.17, 15) is 14.7 Å². The number of Topliss-reactive ketones (excluding diaryl/α,β-unsaturated/α-hetero) is 1. The first-order valence-electron chi connectivity index (χ1n) is 12.9. The molecule has 7 heteroatoms. The van der Waals surface area contributed by atoms with Gasteiger partial charge in [0.1, 0.15) is 23.9 Å². The van der Waals surface area contributed by atoms with Crippen molar-refractivity contribution in [3.05, 3.63) is 77.9 Å². The van der Waals surface area contributed by atoms with Crippen LogP contribution in [0.2, 0.25) is 0 Å². The van der Waals surface area contributed by atoms with Crippen molar-refractivity contribution in [3.8, 4) is 11.5 Å². The molecular formula is C30H38N2O5. The Kier molecular flexibility index (Phi) is 9.92. The molecule has 1 aliphatic heterocycles.